The Morgan fingerprint density at radius 2 is 1.73 bits per heavy atom. The molecule has 60 valence electrons. The quantitative estimate of drug-likeness (QED) is 0.603. The molecule has 1 rings (SSSR count). The minimum absolute atomic E-state index is 0.137. The Hall–Kier alpha value is -1.16. The van der Waals surface area contributed by atoms with E-state index in [9.17, 15) is 0 Å². The van der Waals surface area contributed by atoms with Crippen LogP contribution in [0.25, 0.3) is 0 Å². The average molecular weight is 153 g/mol. The lowest BCUT2D eigenvalue weighted by atomic mass is 10.3. The van der Waals surface area contributed by atoms with E-state index in [0.29, 0.717) is 11.5 Å². The van der Waals surface area contributed by atoms with Crippen LogP contribution >= 0.6 is 0 Å². The van der Waals surface area contributed by atoms with Crippen molar-refractivity contribution in [1.29, 1.82) is 0 Å². The Balaban J connectivity index is 3.21. The molecule has 0 aliphatic rings. The summed E-state index contributed by atoms with van der Waals surface area (Å²) in [5.74, 6) is 0.425. The van der Waals surface area contributed by atoms with Gasteiger partial charge in [-0.2, -0.15) is 0 Å². The maximum Gasteiger partial charge on any atom is 0.154 e. The fraction of sp³-hybridized carbons (Fsp3) is 0.429. The molecular formula is C7H11N3O. The van der Waals surface area contributed by atoms with Crippen LogP contribution in [0.4, 0.5) is 5.69 Å². The number of anilines is 1. The summed E-state index contributed by atoms with van der Waals surface area (Å²) in [6, 6.07) is 0. The van der Waals surface area contributed by atoms with Crippen molar-refractivity contribution in [3.05, 3.63) is 17.2 Å². The molecule has 1 heterocycles. The molecule has 0 fully saturated rings. The highest BCUT2D eigenvalue weighted by molar-refractivity contribution is 5.45. The van der Waals surface area contributed by atoms with Crippen LogP contribution in [0.2, 0.25) is 0 Å². The Morgan fingerprint density at radius 1 is 1.27 bits per heavy atom. The summed E-state index contributed by atoms with van der Waals surface area (Å²) in [6.07, 6.45) is 0. The molecule has 1 aromatic heterocycles. The monoisotopic (exact) mass is 153 g/mol. The molecule has 0 amide bonds. The minimum atomic E-state index is -0.137. The largest absolute Gasteiger partial charge is 0.396 e. The summed E-state index contributed by atoms with van der Waals surface area (Å²) in [5, 5.41) is 8.71. The van der Waals surface area contributed by atoms with Gasteiger partial charge < -0.3 is 10.8 Å². The third kappa shape index (κ3) is 1.46. The van der Waals surface area contributed by atoms with Gasteiger partial charge in [-0.3, -0.25) is 0 Å². The number of aryl methyl sites for hydroxylation is 2. The van der Waals surface area contributed by atoms with Gasteiger partial charge in [0.05, 0.1) is 17.1 Å². The van der Waals surface area contributed by atoms with Gasteiger partial charge in [-0.15, -0.1) is 0 Å². The summed E-state index contributed by atoms with van der Waals surface area (Å²) >= 11 is 0. The standard InChI is InChI=1S/C7H11N3O/c1-4-7(8)5(2)10-6(3-11)9-4/h11H,3,8H2,1-2H3. The van der Waals surface area contributed by atoms with E-state index >= 15 is 0 Å². The van der Waals surface area contributed by atoms with Crippen LogP contribution < -0.4 is 5.73 Å². The predicted molar refractivity (Wildman–Crippen MR) is 41.8 cm³/mol. The molecule has 0 saturated heterocycles. The summed E-state index contributed by atoms with van der Waals surface area (Å²) in [4.78, 5) is 7.93. The summed E-state index contributed by atoms with van der Waals surface area (Å²) in [6.45, 7) is 3.45. The zero-order valence-electron chi connectivity index (χ0n) is 6.63. The van der Waals surface area contributed by atoms with Crippen LogP contribution in [-0.4, -0.2) is 15.1 Å². The maximum absolute atomic E-state index is 8.71. The summed E-state index contributed by atoms with van der Waals surface area (Å²) in [5.41, 5.74) is 7.65. The second kappa shape index (κ2) is 2.84. The van der Waals surface area contributed by atoms with Gasteiger partial charge in [0.15, 0.2) is 5.82 Å². The smallest absolute Gasteiger partial charge is 0.154 e. The number of aromatic nitrogens is 2. The lowest BCUT2D eigenvalue weighted by Gasteiger charge is -2.03. The molecule has 3 N–H and O–H groups in total. The molecule has 0 aromatic carbocycles. The first-order valence-electron chi connectivity index (χ1n) is 3.35. The summed E-state index contributed by atoms with van der Waals surface area (Å²) < 4.78 is 0. The Labute approximate surface area is 65.1 Å². The van der Waals surface area contributed by atoms with Crippen molar-refractivity contribution in [2.75, 3.05) is 5.73 Å². The van der Waals surface area contributed by atoms with Gasteiger partial charge in [0.25, 0.3) is 0 Å². The van der Waals surface area contributed by atoms with Gasteiger partial charge in [-0.1, -0.05) is 0 Å². The Morgan fingerprint density at radius 3 is 2.09 bits per heavy atom. The van der Waals surface area contributed by atoms with Gasteiger partial charge in [-0.25, -0.2) is 9.97 Å². The van der Waals surface area contributed by atoms with E-state index in [0.717, 1.165) is 11.4 Å². The van der Waals surface area contributed by atoms with E-state index in [4.69, 9.17) is 10.8 Å². The number of nitrogens with two attached hydrogens (primary N) is 1. The normalized spacial score (nSPS) is 10.1. The maximum atomic E-state index is 8.71. The van der Waals surface area contributed by atoms with Gasteiger partial charge in [0.2, 0.25) is 0 Å². The molecule has 0 aliphatic heterocycles. The van der Waals surface area contributed by atoms with Crippen LogP contribution in [-0.2, 0) is 6.61 Å². The highest BCUT2D eigenvalue weighted by Gasteiger charge is 2.02. The number of aliphatic hydroxyl groups is 1. The first-order chi connectivity index (χ1) is 5.15. The number of hydrogen-bond acceptors (Lipinski definition) is 4. The number of nitrogen functional groups attached to an aromatic ring is 1. The molecule has 0 unspecified atom stereocenters. The van der Waals surface area contributed by atoms with E-state index in [1.54, 1.807) is 13.8 Å². The molecular weight excluding hydrogens is 142 g/mol. The minimum Gasteiger partial charge on any atom is -0.396 e. The molecule has 0 spiro atoms. The van der Waals surface area contributed by atoms with Crippen LogP contribution in [0.1, 0.15) is 17.2 Å². The van der Waals surface area contributed by atoms with E-state index < -0.39 is 0 Å². The highest BCUT2D eigenvalue weighted by Crippen LogP contribution is 2.11. The van der Waals surface area contributed by atoms with Crippen molar-refractivity contribution in [3.63, 3.8) is 0 Å². The van der Waals surface area contributed by atoms with E-state index in [-0.39, 0.29) is 6.61 Å². The van der Waals surface area contributed by atoms with Crippen molar-refractivity contribution in [1.82, 2.24) is 9.97 Å². The molecule has 0 aliphatic carbocycles. The SMILES string of the molecule is Cc1nc(CO)nc(C)c1N. The molecule has 1 aromatic rings. The highest BCUT2D eigenvalue weighted by atomic mass is 16.3. The number of nitrogens with zero attached hydrogens (tertiary/aromatic N) is 2. The lowest BCUT2D eigenvalue weighted by Crippen LogP contribution is -2.04. The van der Waals surface area contributed by atoms with Crippen LogP contribution in [0, 0.1) is 13.8 Å². The third-order valence-corrected chi connectivity index (χ3v) is 1.51. The van der Waals surface area contributed by atoms with Gasteiger partial charge in [0.1, 0.15) is 6.61 Å². The van der Waals surface area contributed by atoms with Gasteiger partial charge in [0, 0.05) is 0 Å². The van der Waals surface area contributed by atoms with E-state index in [2.05, 4.69) is 9.97 Å². The third-order valence-electron chi connectivity index (χ3n) is 1.51. The molecule has 0 radical (unpaired) electrons. The predicted octanol–water partition coefficient (Wildman–Crippen LogP) is 0.168. The van der Waals surface area contributed by atoms with Crippen molar-refractivity contribution in [3.8, 4) is 0 Å². The summed E-state index contributed by atoms with van der Waals surface area (Å²) in [7, 11) is 0. The zero-order chi connectivity index (χ0) is 8.43. The van der Waals surface area contributed by atoms with Crippen LogP contribution in [0.5, 0.6) is 0 Å². The molecule has 0 bridgehead atoms. The number of hydrogen-bond donors (Lipinski definition) is 2. The number of rotatable bonds is 1. The van der Waals surface area contributed by atoms with Crippen LogP contribution in [0.3, 0.4) is 0 Å². The molecule has 4 nitrogen and oxygen atoms in total. The fourth-order valence-corrected chi connectivity index (χ4v) is 0.865. The lowest BCUT2D eigenvalue weighted by molar-refractivity contribution is 0.270. The number of aliphatic hydroxyl groups excluding tert-OH is 1. The second-order valence-corrected chi connectivity index (χ2v) is 2.38. The average Bonchev–Trinajstić information content (AvgIpc) is 1.99. The Bertz CT molecular complexity index is 249. The van der Waals surface area contributed by atoms with Crippen molar-refractivity contribution in [2.24, 2.45) is 0 Å². The zero-order valence-corrected chi connectivity index (χ0v) is 6.63. The van der Waals surface area contributed by atoms with E-state index in [1.807, 2.05) is 0 Å². The fourth-order valence-electron chi connectivity index (χ4n) is 0.865. The van der Waals surface area contributed by atoms with E-state index in [1.165, 1.54) is 0 Å². The van der Waals surface area contributed by atoms with Crippen LogP contribution in [0.15, 0.2) is 0 Å². The van der Waals surface area contributed by atoms with Crippen molar-refractivity contribution < 1.29 is 5.11 Å². The first-order valence-corrected chi connectivity index (χ1v) is 3.35. The van der Waals surface area contributed by atoms with Gasteiger partial charge >= 0.3 is 0 Å². The second-order valence-electron chi connectivity index (χ2n) is 2.38. The molecule has 0 atom stereocenters. The first kappa shape index (κ1) is 7.94. The molecule has 0 saturated carbocycles. The van der Waals surface area contributed by atoms with Gasteiger partial charge in [-0.05, 0) is 13.8 Å². The van der Waals surface area contributed by atoms with Crippen molar-refractivity contribution >= 4 is 5.69 Å². The Kier molecular flexibility index (Phi) is 2.05. The molecule has 4 heteroatoms. The van der Waals surface area contributed by atoms with Crippen molar-refractivity contribution in [2.45, 2.75) is 20.5 Å². The topological polar surface area (TPSA) is 72.0 Å². The molecule has 11 heavy (non-hydrogen) atoms.